The van der Waals surface area contributed by atoms with Gasteiger partial charge in [0.25, 0.3) is 0 Å². The fourth-order valence-electron chi connectivity index (χ4n) is 3.80. The van der Waals surface area contributed by atoms with Gasteiger partial charge in [-0.3, -0.25) is 0 Å². The van der Waals surface area contributed by atoms with Crippen molar-refractivity contribution >= 4 is 22.7 Å². The Morgan fingerprint density at radius 2 is 1.70 bits per heavy atom. The number of nitrogens with one attached hydrogen (secondary N) is 1. The van der Waals surface area contributed by atoms with Crippen LogP contribution in [0.5, 0.6) is 0 Å². The summed E-state index contributed by atoms with van der Waals surface area (Å²) >= 11 is 0. The van der Waals surface area contributed by atoms with Crippen molar-refractivity contribution in [1.82, 2.24) is 15.1 Å². The molecule has 1 N–H and O–H groups in total. The Labute approximate surface area is 189 Å². The number of amides is 1. The number of nitrogens with zero attached hydrogens (tertiary/aromatic N) is 3. The second-order valence-corrected chi connectivity index (χ2v) is 9.07. The average molecular weight is 458 g/mol. The average Bonchev–Trinajstić information content (AvgIpc) is 3.21. The second-order valence-electron chi connectivity index (χ2n) is 9.07. The van der Waals surface area contributed by atoms with Gasteiger partial charge in [-0.15, -0.1) is 10.2 Å². The molecule has 174 valence electrons. The van der Waals surface area contributed by atoms with Crippen molar-refractivity contribution in [3.8, 4) is 11.3 Å². The molecule has 0 aliphatic carbocycles. The van der Waals surface area contributed by atoms with Gasteiger partial charge >= 0.3 is 12.3 Å². The van der Waals surface area contributed by atoms with Crippen LogP contribution in [0.2, 0.25) is 0 Å². The summed E-state index contributed by atoms with van der Waals surface area (Å²) < 4.78 is 44.2. The number of ether oxygens (including phenoxy) is 1. The van der Waals surface area contributed by atoms with Crippen LogP contribution in [0.4, 0.5) is 23.8 Å². The van der Waals surface area contributed by atoms with Crippen molar-refractivity contribution in [2.45, 2.75) is 45.0 Å². The van der Waals surface area contributed by atoms with E-state index in [0.29, 0.717) is 30.2 Å². The van der Waals surface area contributed by atoms with Gasteiger partial charge in [0.2, 0.25) is 0 Å². The third-order valence-corrected chi connectivity index (χ3v) is 5.35. The van der Waals surface area contributed by atoms with Crippen molar-refractivity contribution in [2.24, 2.45) is 0 Å². The van der Waals surface area contributed by atoms with Crippen molar-refractivity contribution in [3.63, 3.8) is 0 Å². The highest BCUT2D eigenvalue weighted by molar-refractivity contribution is 6.00. The van der Waals surface area contributed by atoms with E-state index in [4.69, 9.17) is 4.74 Å². The molecule has 4 rings (SSSR count). The molecule has 1 amide bonds. The summed E-state index contributed by atoms with van der Waals surface area (Å²) in [5.41, 5.74) is -0.210. The highest BCUT2D eigenvalue weighted by Gasteiger charge is 2.31. The van der Waals surface area contributed by atoms with E-state index in [0.717, 1.165) is 29.3 Å². The molecule has 0 saturated carbocycles. The first-order chi connectivity index (χ1) is 15.5. The van der Waals surface area contributed by atoms with Crippen molar-refractivity contribution in [2.75, 3.05) is 18.4 Å². The summed E-state index contributed by atoms with van der Waals surface area (Å²) in [6.07, 6.45) is -4.01. The van der Waals surface area contributed by atoms with Gasteiger partial charge in [-0.05, 0) is 39.3 Å². The summed E-state index contributed by atoms with van der Waals surface area (Å²) in [4.78, 5) is 14.0. The molecular weight excluding hydrogens is 433 g/mol. The Hall–Kier alpha value is -3.36. The van der Waals surface area contributed by atoms with Gasteiger partial charge in [-0.1, -0.05) is 36.4 Å². The normalized spacial score (nSPS) is 16.8. The van der Waals surface area contributed by atoms with Crippen LogP contribution in [-0.2, 0) is 10.9 Å². The topological polar surface area (TPSA) is 67.3 Å². The molecule has 6 nitrogen and oxygen atoms in total. The maximum Gasteiger partial charge on any atom is 0.416 e. The minimum absolute atomic E-state index is 0.0212. The minimum Gasteiger partial charge on any atom is -0.444 e. The maximum atomic E-state index is 12.9. The van der Waals surface area contributed by atoms with E-state index in [-0.39, 0.29) is 12.1 Å². The summed E-state index contributed by atoms with van der Waals surface area (Å²) in [7, 11) is 0. The maximum absolute atomic E-state index is 12.9. The lowest BCUT2D eigenvalue weighted by Gasteiger charge is -2.24. The number of aromatic nitrogens is 2. The zero-order valence-electron chi connectivity index (χ0n) is 18.6. The van der Waals surface area contributed by atoms with E-state index >= 15 is 0 Å². The van der Waals surface area contributed by atoms with Crippen LogP contribution in [-0.4, -0.2) is 45.9 Å². The van der Waals surface area contributed by atoms with Gasteiger partial charge in [-0.25, -0.2) is 4.79 Å². The van der Waals surface area contributed by atoms with Crippen molar-refractivity contribution < 1.29 is 22.7 Å². The second kappa shape index (κ2) is 8.53. The SMILES string of the molecule is CC(C)(C)OC(=O)N1CCC(Nc2nnc(-c3ccc(C(F)(F)F)cc3)c3ccccc23)C1. The fourth-order valence-corrected chi connectivity index (χ4v) is 3.80. The summed E-state index contributed by atoms with van der Waals surface area (Å²) in [6, 6.07) is 12.3. The molecule has 0 radical (unpaired) electrons. The number of benzene rings is 2. The zero-order valence-corrected chi connectivity index (χ0v) is 18.6. The molecule has 1 saturated heterocycles. The Balaban J connectivity index is 1.56. The number of carbonyl (C=O) groups excluding carboxylic acids is 1. The van der Waals surface area contributed by atoms with Crippen LogP contribution in [0.25, 0.3) is 22.0 Å². The minimum atomic E-state index is -4.39. The third-order valence-electron chi connectivity index (χ3n) is 5.35. The number of fused-ring (bicyclic) bond motifs is 1. The molecule has 1 unspecified atom stereocenters. The largest absolute Gasteiger partial charge is 0.444 e. The molecule has 1 fully saturated rings. The fraction of sp³-hybridized carbons (Fsp3) is 0.375. The van der Waals surface area contributed by atoms with Gasteiger partial charge in [0.1, 0.15) is 11.3 Å². The van der Waals surface area contributed by atoms with E-state index in [9.17, 15) is 18.0 Å². The molecule has 33 heavy (non-hydrogen) atoms. The predicted octanol–water partition coefficient (Wildman–Crippen LogP) is 5.74. The number of anilines is 1. The first-order valence-corrected chi connectivity index (χ1v) is 10.7. The third kappa shape index (κ3) is 5.18. The van der Waals surface area contributed by atoms with E-state index in [1.54, 1.807) is 4.90 Å². The Morgan fingerprint density at radius 3 is 2.33 bits per heavy atom. The molecule has 1 atom stereocenters. The Bertz CT molecular complexity index is 1160. The summed E-state index contributed by atoms with van der Waals surface area (Å²) in [5, 5.41) is 13.6. The number of halogens is 3. The highest BCUT2D eigenvalue weighted by atomic mass is 19.4. The standard InChI is InChI=1S/C24H25F3N4O2/c1-23(2,3)33-22(32)31-13-12-17(14-31)28-21-19-7-5-4-6-18(19)20(29-30-21)15-8-10-16(11-9-15)24(25,26)27/h4-11,17H,12-14H2,1-3H3,(H,28,30). The van der Waals surface area contributed by atoms with Gasteiger partial charge in [0.15, 0.2) is 5.82 Å². The Morgan fingerprint density at radius 1 is 1.03 bits per heavy atom. The smallest absolute Gasteiger partial charge is 0.416 e. The first kappa shape index (κ1) is 22.8. The molecule has 1 aliphatic rings. The summed E-state index contributed by atoms with van der Waals surface area (Å²) in [6.45, 7) is 6.54. The van der Waals surface area contributed by atoms with Gasteiger partial charge in [-0.2, -0.15) is 13.2 Å². The van der Waals surface area contributed by atoms with Crippen molar-refractivity contribution in [1.29, 1.82) is 0 Å². The molecule has 0 spiro atoms. The number of alkyl halides is 3. The highest BCUT2D eigenvalue weighted by Crippen LogP contribution is 2.34. The first-order valence-electron chi connectivity index (χ1n) is 10.7. The van der Waals surface area contributed by atoms with Gasteiger partial charge < -0.3 is 15.0 Å². The van der Waals surface area contributed by atoms with Gasteiger partial charge in [0.05, 0.1) is 5.56 Å². The predicted molar refractivity (Wildman–Crippen MR) is 120 cm³/mol. The number of rotatable bonds is 3. The van der Waals surface area contributed by atoms with E-state index in [2.05, 4.69) is 15.5 Å². The summed E-state index contributed by atoms with van der Waals surface area (Å²) in [5.74, 6) is 0.567. The lowest BCUT2D eigenvalue weighted by Crippen LogP contribution is -2.36. The molecule has 3 aromatic rings. The van der Waals surface area contributed by atoms with Crippen LogP contribution in [0.1, 0.15) is 32.8 Å². The van der Waals surface area contributed by atoms with E-state index in [1.807, 2.05) is 45.0 Å². The molecule has 0 bridgehead atoms. The molecule has 2 heterocycles. The zero-order chi connectivity index (χ0) is 23.8. The monoisotopic (exact) mass is 458 g/mol. The molecule has 2 aromatic carbocycles. The van der Waals surface area contributed by atoms with E-state index in [1.165, 1.54) is 12.1 Å². The number of hydrogen-bond acceptors (Lipinski definition) is 5. The quantitative estimate of drug-likeness (QED) is 0.542. The van der Waals surface area contributed by atoms with Crippen LogP contribution in [0.3, 0.4) is 0 Å². The van der Waals surface area contributed by atoms with Gasteiger partial charge in [0, 0.05) is 35.5 Å². The Kier molecular flexibility index (Phi) is 5.90. The lowest BCUT2D eigenvalue weighted by molar-refractivity contribution is -0.137. The molecule has 1 aliphatic heterocycles. The van der Waals surface area contributed by atoms with Crippen molar-refractivity contribution in [3.05, 3.63) is 54.1 Å². The van der Waals surface area contributed by atoms with Crippen LogP contribution < -0.4 is 5.32 Å². The lowest BCUT2D eigenvalue weighted by atomic mass is 10.0. The molecule has 1 aromatic heterocycles. The molecule has 9 heteroatoms. The number of hydrogen-bond donors (Lipinski definition) is 1. The van der Waals surface area contributed by atoms with Crippen LogP contribution >= 0.6 is 0 Å². The van der Waals surface area contributed by atoms with Crippen LogP contribution in [0.15, 0.2) is 48.5 Å². The number of likely N-dealkylation sites (tertiary alicyclic amines) is 1. The molecular formula is C24H25F3N4O2. The van der Waals surface area contributed by atoms with E-state index < -0.39 is 17.3 Å². The van der Waals surface area contributed by atoms with Crippen LogP contribution in [0, 0.1) is 0 Å². The number of carbonyl (C=O) groups is 1.